The third kappa shape index (κ3) is 2.48. The highest BCUT2D eigenvalue weighted by Gasteiger charge is 2.26. The molecule has 1 aromatic rings. The zero-order chi connectivity index (χ0) is 11.8. The maximum atomic E-state index is 11.9. The Morgan fingerprint density at radius 1 is 1.44 bits per heavy atom. The summed E-state index contributed by atoms with van der Waals surface area (Å²) in [5, 5.41) is 0.156. The van der Waals surface area contributed by atoms with Gasteiger partial charge in [-0.05, 0) is 30.9 Å². The third-order valence-electron chi connectivity index (χ3n) is 2.53. The number of hydrogen-bond donors (Lipinski definition) is 2. The lowest BCUT2D eigenvalue weighted by Crippen LogP contribution is -2.26. The van der Waals surface area contributed by atoms with Crippen LogP contribution >= 0.6 is 11.6 Å². The lowest BCUT2D eigenvalue weighted by Gasteiger charge is -2.09. The normalized spacial score (nSPS) is 16.3. The van der Waals surface area contributed by atoms with Crippen molar-refractivity contribution < 1.29 is 8.42 Å². The maximum Gasteiger partial charge on any atom is 0.244 e. The Morgan fingerprint density at radius 3 is 2.69 bits per heavy atom. The maximum absolute atomic E-state index is 11.9. The summed E-state index contributed by atoms with van der Waals surface area (Å²) in [6, 6.07) is 4.67. The van der Waals surface area contributed by atoms with E-state index in [1.54, 1.807) is 6.07 Å². The number of nitrogens with two attached hydrogens (primary N) is 1. The smallest absolute Gasteiger partial charge is 0.244 e. The number of nitrogens with one attached hydrogen (secondary N) is 1. The molecule has 88 valence electrons. The molecule has 16 heavy (non-hydrogen) atoms. The van der Waals surface area contributed by atoms with Gasteiger partial charge in [0.1, 0.15) is 4.90 Å². The van der Waals surface area contributed by atoms with Crippen molar-refractivity contribution in [2.75, 3.05) is 12.3 Å². The molecule has 0 radical (unpaired) electrons. The van der Waals surface area contributed by atoms with Gasteiger partial charge in [-0.15, -0.1) is 0 Å². The van der Waals surface area contributed by atoms with Gasteiger partial charge in [-0.1, -0.05) is 17.7 Å². The topological polar surface area (TPSA) is 72.2 Å². The molecular weight excluding hydrogens is 248 g/mol. The second-order valence-electron chi connectivity index (χ2n) is 3.95. The molecule has 3 N–H and O–H groups in total. The Kier molecular flexibility index (Phi) is 3.10. The minimum Gasteiger partial charge on any atom is -0.398 e. The number of anilines is 1. The van der Waals surface area contributed by atoms with Crippen LogP contribution < -0.4 is 10.5 Å². The summed E-state index contributed by atoms with van der Waals surface area (Å²) in [6.07, 6.45) is 2.17. The monoisotopic (exact) mass is 260 g/mol. The fraction of sp³-hybridized carbons (Fsp3) is 0.400. The van der Waals surface area contributed by atoms with Gasteiger partial charge >= 0.3 is 0 Å². The van der Waals surface area contributed by atoms with Crippen LogP contribution in [0.5, 0.6) is 0 Å². The summed E-state index contributed by atoms with van der Waals surface area (Å²) in [6.45, 7) is 0.465. The quantitative estimate of drug-likeness (QED) is 0.808. The van der Waals surface area contributed by atoms with E-state index in [1.807, 2.05) is 0 Å². The van der Waals surface area contributed by atoms with Crippen LogP contribution in [-0.4, -0.2) is 15.0 Å². The van der Waals surface area contributed by atoms with Crippen molar-refractivity contribution >= 4 is 27.3 Å². The van der Waals surface area contributed by atoms with Crippen molar-refractivity contribution in [3.05, 3.63) is 23.2 Å². The number of nitrogen functional groups attached to an aromatic ring is 1. The summed E-state index contributed by atoms with van der Waals surface area (Å²) in [5.74, 6) is 0.471. The Bertz CT molecular complexity index is 477. The molecule has 0 aromatic heterocycles. The molecule has 0 aliphatic heterocycles. The second kappa shape index (κ2) is 4.24. The van der Waals surface area contributed by atoms with Crippen molar-refractivity contribution in [3.63, 3.8) is 0 Å². The predicted octanol–water partition coefficient (Wildman–Crippen LogP) is 1.61. The Hall–Kier alpha value is -0.780. The van der Waals surface area contributed by atoms with E-state index >= 15 is 0 Å². The van der Waals surface area contributed by atoms with Gasteiger partial charge in [0, 0.05) is 6.54 Å². The molecule has 4 nitrogen and oxygen atoms in total. The lowest BCUT2D eigenvalue weighted by molar-refractivity contribution is 0.578. The SMILES string of the molecule is Nc1cccc(Cl)c1S(=O)(=O)NCC1CC1. The predicted molar refractivity (Wildman–Crippen MR) is 63.8 cm³/mol. The fourth-order valence-electron chi connectivity index (χ4n) is 1.43. The summed E-state index contributed by atoms with van der Waals surface area (Å²) < 4.78 is 26.4. The standard InChI is InChI=1S/C10H13ClN2O2S/c11-8-2-1-3-9(12)10(8)16(14,15)13-6-7-4-5-7/h1-3,7,13H,4-6,12H2. The molecule has 0 bridgehead atoms. The van der Waals surface area contributed by atoms with Crippen molar-refractivity contribution in [2.24, 2.45) is 5.92 Å². The first-order chi connectivity index (χ1) is 7.50. The zero-order valence-electron chi connectivity index (χ0n) is 8.61. The highest BCUT2D eigenvalue weighted by molar-refractivity contribution is 7.89. The van der Waals surface area contributed by atoms with Gasteiger partial charge in [-0.25, -0.2) is 13.1 Å². The molecule has 6 heteroatoms. The van der Waals surface area contributed by atoms with Crippen LogP contribution in [0.15, 0.2) is 23.1 Å². The van der Waals surface area contributed by atoms with Crippen LogP contribution in [0.2, 0.25) is 5.02 Å². The minimum atomic E-state index is -3.58. The number of hydrogen-bond acceptors (Lipinski definition) is 3. The molecule has 1 aliphatic rings. The molecule has 1 aromatic carbocycles. The van der Waals surface area contributed by atoms with Crippen LogP contribution in [0.25, 0.3) is 0 Å². The van der Waals surface area contributed by atoms with Crippen LogP contribution in [0.3, 0.4) is 0 Å². The van der Waals surface area contributed by atoms with E-state index in [2.05, 4.69) is 4.72 Å². The molecule has 1 saturated carbocycles. The average molecular weight is 261 g/mol. The molecule has 0 amide bonds. The number of rotatable bonds is 4. The number of halogens is 1. The van der Waals surface area contributed by atoms with Gasteiger partial charge in [0.2, 0.25) is 10.0 Å². The van der Waals surface area contributed by atoms with E-state index in [0.29, 0.717) is 12.5 Å². The van der Waals surface area contributed by atoms with Crippen LogP contribution in [0.4, 0.5) is 5.69 Å². The molecule has 0 saturated heterocycles. The first-order valence-corrected chi connectivity index (χ1v) is 6.90. The molecule has 0 atom stereocenters. The van der Waals surface area contributed by atoms with Crippen molar-refractivity contribution in [3.8, 4) is 0 Å². The molecule has 1 aliphatic carbocycles. The van der Waals surface area contributed by atoms with E-state index < -0.39 is 10.0 Å². The Balaban J connectivity index is 2.26. The van der Waals surface area contributed by atoms with Crippen LogP contribution in [0, 0.1) is 5.92 Å². The molecule has 1 fully saturated rings. The summed E-state index contributed by atoms with van der Waals surface area (Å²) >= 11 is 5.85. The zero-order valence-corrected chi connectivity index (χ0v) is 10.2. The van der Waals surface area contributed by atoms with E-state index in [9.17, 15) is 8.42 Å². The van der Waals surface area contributed by atoms with E-state index in [4.69, 9.17) is 17.3 Å². The van der Waals surface area contributed by atoms with E-state index in [0.717, 1.165) is 12.8 Å². The average Bonchev–Trinajstić information content (AvgIpc) is 2.97. The Morgan fingerprint density at radius 2 is 2.12 bits per heavy atom. The summed E-state index contributed by atoms with van der Waals surface area (Å²) in [7, 11) is -3.58. The first-order valence-electron chi connectivity index (χ1n) is 5.04. The van der Waals surface area contributed by atoms with Gasteiger partial charge < -0.3 is 5.73 Å². The van der Waals surface area contributed by atoms with Crippen molar-refractivity contribution in [2.45, 2.75) is 17.7 Å². The van der Waals surface area contributed by atoms with E-state index in [-0.39, 0.29) is 15.6 Å². The molecule has 2 rings (SSSR count). The summed E-state index contributed by atoms with van der Waals surface area (Å²) in [5.41, 5.74) is 5.80. The van der Waals surface area contributed by atoms with Gasteiger partial charge in [0.15, 0.2) is 0 Å². The number of sulfonamides is 1. The van der Waals surface area contributed by atoms with Crippen molar-refractivity contribution in [1.82, 2.24) is 4.72 Å². The molecule has 0 spiro atoms. The second-order valence-corrected chi connectivity index (χ2v) is 6.06. The largest absolute Gasteiger partial charge is 0.398 e. The van der Waals surface area contributed by atoms with Gasteiger partial charge in [0.05, 0.1) is 10.7 Å². The van der Waals surface area contributed by atoms with Crippen molar-refractivity contribution in [1.29, 1.82) is 0 Å². The first kappa shape index (κ1) is 11.7. The van der Waals surface area contributed by atoms with E-state index in [1.165, 1.54) is 12.1 Å². The van der Waals surface area contributed by atoms with Gasteiger partial charge in [0.25, 0.3) is 0 Å². The number of benzene rings is 1. The third-order valence-corrected chi connectivity index (χ3v) is 4.49. The molecule has 0 heterocycles. The van der Waals surface area contributed by atoms with Crippen LogP contribution in [-0.2, 0) is 10.0 Å². The molecule has 0 unspecified atom stereocenters. The summed E-state index contributed by atoms with van der Waals surface area (Å²) in [4.78, 5) is -0.0164. The fourth-order valence-corrected chi connectivity index (χ4v) is 3.22. The lowest BCUT2D eigenvalue weighted by atomic mass is 10.3. The van der Waals surface area contributed by atoms with Crippen LogP contribution in [0.1, 0.15) is 12.8 Å². The Labute approximate surface area is 99.8 Å². The highest BCUT2D eigenvalue weighted by Crippen LogP contribution is 2.30. The van der Waals surface area contributed by atoms with Gasteiger partial charge in [-0.3, -0.25) is 0 Å². The van der Waals surface area contributed by atoms with Gasteiger partial charge in [-0.2, -0.15) is 0 Å². The minimum absolute atomic E-state index is 0.0164. The molecular formula is C10H13ClN2O2S. The highest BCUT2D eigenvalue weighted by atomic mass is 35.5.